The topological polar surface area (TPSA) is 312 Å². The molecule has 0 aromatic heterocycles. The van der Waals surface area contributed by atoms with Crippen molar-refractivity contribution in [1.29, 1.82) is 0 Å². The number of halogens is 2. The number of hydrogen-bond donors (Lipinski definition) is 12. The molecule has 135 heavy (non-hydrogen) atoms. The van der Waals surface area contributed by atoms with E-state index in [2.05, 4.69) is 138 Å². The first-order chi connectivity index (χ1) is 65.3. The van der Waals surface area contributed by atoms with Gasteiger partial charge in [-0.2, -0.15) is 0 Å². The molecule has 0 aliphatic rings. The number of ether oxygens (including phenoxy) is 2. The molecule has 0 amide bonds. The fourth-order valence-corrected chi connectivity index (χ4v) is 10.7. The number of allylic oxidation sites excluding steroid dienone is 24. The Bertz CT molecular complexity index is 2760. The minimum atomic E-state index is -0.509. The van der Waals surface area contributed by atoms with E-state index < -0.39 is 6.10 Å². The number of carbonyl (C=O) groups excluding carboxylic acids is 3. The summed E-state index contributed by atoms with van der Waals surface area (Å²) in [5.41, 5.74) is 0. The average Bonchev–Trinajstić information content (AvgIpc) is 1.09. The van der Waals surface area contributed by atoms with Crippen molar-refractivity contribution in [2.75, 3.05) is 53.4 Å². The molecule has 0 aliphatic carbocycles. The summed E-state index contributed by atoms with van der Waals surface area (Å²) < 4.78 is 10.8. The van der Waals surface area contributed by atoms with E-state index in [0.29, 0.717) is 19.6 Å². The molecule has 19 heteroatoms. The second-order valence-corrected chi connectivity index (χ2v) is 35.1. The third-order valence-electron chi connectivity index (χ3n) is 17.9. The molecule has 17 nitrogen and oxygen atoms in total. The van der Waals surface area contributed by atoms with E-state index in [4.69, 9.17) is 66.0 Å². The van der Waals surface area contributed by atoms with Gasteiger partial charge in [-0.1, -0.05) is 357 Å². The number of carbonyl (C=O) groups is 3. The monoisotopic (exact) mass is 2030 g/mol. The van der Waals surface area contributed by atoms with Crippen LogP contribution in [0.2, 0.25) is 0 Å². The molecule has 2 unspecified atom stereocenters. The lowest BCUT2D eigenvalue weighted by Crippen LogP contribution is -1.93. The molecule has 0 fully saturated rings. The lowest BCUT2D eigenvalue weighted by atomic mass is 10.1. The van der Waals surface area contributed by atoms with Crippen molar-refractivity contribution in [3.8, 4) is 11.8 Å². The van der Waals surface area contributed by atoms with Crippen LogP contribution < -0.4 is 0 Å². The lowest BCUT2D eigenvalue weighted by molar-refractivity contribution is -0.134. The zero-order valence-electron chi connectivity index (χ0n) is 88.0. The van der Waals surface area contributed by atoms with Crippen LogP contribution in [0, 0.1) is 11.8 Å². The van der Waals surface area contributed by atoms with Crippen LogP contribution in [0.1, 0.15) is 405 Å². The fraction of sp³-hybridized carbons (Fsp3) is 0.664. The second kappa shape index (κ2) is 154. The van der Waals surface area contributed by atoms with Crippen LogP contribution in [0.15, 0.2) is 204 Å². The van der Waals surface area contributed by atoms with Crippen LogP contribution in [-0.4, -0.2) is 176 Å². The van der Waals surface area contributed by atoms with Gasteiger partial charge in [0.15, 0.2) is 0 Å². The first kappa shape index (κ1) is 152. The predicted molar refractivity (Wildman–Crippen MR) is 592 cm³/mol. The lowest BCUT2D eigenvalue weighted by Gasteiger charge is -1.94. The molecule has 0 heterocycles. The highest BCUT2D eigenvalue weighted by atomic mass is 79.9. The van der Waals surface area contributed by atoms with Gasteiger partial charge in [-0.05, 0) is 273 Å². The maximum atomic E-state index is 10.7. The first-order valence-corrected chi connectivity index (χ1v) is 53.4. The van der Waals surface area contributed by atoms with E-state index in [1.165, 1.54) is 154 Å². The number of esters is 1. The Morgan fingerprint density at radius 3 is 0.800 bits per heavy atom. The Morgan fingerprint density at radius 1 is 0.296 bits per heavy atom. The normalized spacial score (nSPS) is 12.9. The van der Waals surface area contributed by atoms with Crippen LogP contribution in [0.3, 0.4) is 0 Å². The number of aliphatic hydroxyl groups excluding tert-OH is 12. The van der Waals surface area contributed by atoms with E-state index in [-0.39, 0.29) is 62.4 Å². The number of aldehydes is 2. The van der Waals surface area contributed by atoms with Gasteiger partial charge in [0.25, 0.3) is 0 Å². The molecule has 788 valence electrons. The third kappa shape index (κ3) is 216. The van der Waals surface area contributed by atoms with Crippen molar-refractivity contribution < 1.29 is 85.1 Å². The number of aliphatic hydroxyl groups is 12. The standard InChI is InChI=1S/C15H26O2.C14H22O3.C13H22O2.C12H22O.C12H20O.C11H20O2.C11H18O2.C8H14Br2.C7H16O.C7H14O.C6H14O2/c1-3-17-14-12-10-8-6-4-5-7-9-11-13-15(2)16;1-13(15)11-9-7-5-3-4-6-8-10-12-14(16)17-2;1-13(15)11-9-7-5-3-2-4-6-8-10-12-14;2*1-3-4-5-6-7-8-9-10-11-12(2)13;2*1-11(13)9-7-5-3-2-4-6-8-10-12;1-2-3-4-5-6-7-8(9)10;2*1-2-3-4-5-6-7-8;7-5-3-1-2-4-6-8/h7,9-13,15-16H,3-6,8,14H2,1-2H3;5,7,9-13,15H,3-4,6,8H2,1-2H3;5,7-11,13-15H,2-4,6,12H2,1H3;8-13H,3-7H2,1-2H3;8-9,12-13H,3-7H2,1-2H3;3,5,7,9,11-13H,2,4,6,8,10H2,1H3;3,5,7,9-11,13H,2,4,6,8H2,1H3;7H,2-6H2,1H3;8H,2-7H2,1H3;7H,2-6H2,1H3;7-8H,1-6H2/b9-7-,12-10-,13-11+;7-5-,11-9+,12-10-;7-5-,10-8-,11-9+;9-8-,11-10+;9-8-;2*5-3-,9-7+;;;;/t15-;;;2*12-;2*11-;;;;/m0..1100..../s1. The number of unbranched alkanes of at least 4 members (excludes halogenated alkanes) is 38. The molecular formula is C116H208Br2O17. The van der Waals surface area contributed by atoms with E-state index in [9.17, 15) is 14.4 Å². The van der Waals surface area contributed by atoms with Gasteiger partial charge in [-0.25, -0.2) is 4.79 Å². The van der Waals surface area contributed by atoms with Gasteiger partial charge in [-0.15, -0.1) is 0 Å². The van der Waals surface area contributed by atoms with Crippen molar-refractivity contribution in [1.82, 2.24) is 0 Å². The summed E-state index contributed by atoms with van der Waals surface area (Å²) >= 11 is 6.64. The maximum absolute atomic E-state index is 10.7. The van der Waals surface area contributed by atoms with E-state index in [1.807, 2.05) is 104 Å². The Morgan fingerprint density at radius 2 is 0.541 bits per heavy atom. The average molecular weight is 2030 g/mol. The van der Waals surface area contributed by atoms with Crippen molar-refractivity contribution >= 4 is 50.4 Å². The Balaban J connectivity index is -0.000000140. The maximum Gasteiger partial charge on any atom is 0.330 e. The number of rotatable bonds is 72. The molecule has 0 bridgehead atoms. The first-order valence-electron chi connectivity index (χ1n) is 51.8. The molecule has 0 spiro atoms. The summed E-state index contributed by atoms with van der Waals surface area (Å²) in [6, 6.07) is 0. The number of methoxy groups -OCH3 is 1. The molecule has 0 aromatic carbocycles. The van der Waals surface area contributed by atoms with Gasteiger partial charge in [-0.3, -0.25) is 0 Å². The SMILES string of the molecule is CC(O)/C=C/C=C\CCCC/C=C\CO.CCCCCC/C=C\C#C[C@@H](C)O.CCCCCC/C=C\C=C\[C@@H](C)O.CCCCCCC=C(Br)Br.CCCCCCC=O.CCCCCCCO.CCOC/C=C\CCCC/C=C\C=C\[C@H](C)O.COC(=O)/C=C\CCCC/C=C\C=C\C(C)O.C[C@H](O)/C=C/C=C\CCCCC=O.C[C@H](O)/C=C/C=C\CCCCCO.OCCCCCCO. The summed E-state index contributed by atoms with van der Waals surface area (Å²) in [4.78, 5) is 30.5. The Hall–Kier alpha value is -5.61. The molecule has 0 aliphatic heterocycles. The molecule has 12 N–H and O–H groups in total. The van der Waals surface area contributed by atoms with Crippen molar-refractivity contribution in [2.45, 2.75) is 447 Å². The highest BCUT2D eigenvalue weighted by molar-refractivity contribution is 9.28. The second-order valence-electron chi connectivity index (χ2n) is 32.3. The molecule has 0 saturated carbocycles. The van der Waals surface area contributed by atoms with Crippen LogP contribution in [0.4, 0.5) is 0 Å². The van der Waals surface area contributed by atoms with E-state index in [0.717, 1.165) is 196 Å². The van der Waals surface area contributed by atoms with Gasteiger partial charge in [0.05, 0.1) is 60.3 Å². The quantitative estimate of drug-likeness (QED) is 0.00512. The minimum absolute atomic E-state index is 0.143. The molecule has 0 rings (SSSR count). The Kier molecular flexibility index (Phi) is 173. The van der Waals surface area contributed by atoms with Crippen molar-refractivity contribution in [2.24, 2.45) is 0 Å². The molecule has 0 aromatic rings. The van der Waals surface area contributed by atoms with Gasteiger partial charge in [0.1, 0.15) is 18.7 Å². The van der Waals surface area contributed by atoms with Crippen LogP contribution in [-0.2, 0) is 23.9 Å². The fourth-order valence-electron chi connectivity index (χ4n) is 10.2. The highest BCUT2D eigenvalue weighted by Gasteiger charge is 1.96. The van der Waals surface area contributed by atoms with Gasteiger partial charge in [0, 0.05) is 52.0 Å². The van der Waals surface area contributed by atoms with Crippen LogP contribution >= 0.6 is 31.9 Å². The summed E-state index contributed by atoms with van der Waals surface area (Å²) in [5, 5.41) is 104. The summed E-state index contributed by atoms with van der Waals surface area (Å²) in [6.45, 7) is 28.0. The molecule has 0 saturated heterocycles. The zero-order chi connectivity index (χ0) is 103. The Labute approximate surface area is 846 Å². The van der Waals surface area contributed by atoms with Gasteiger partial charge < -0.3 is 80.3 Å². The van der Waals surface area contributed by atoms with Gasteiger partial charge in [0.2, 0.25) is 0 Å². The molecule has 0 radical (unpaired) electrons. The summed E-state index contributed by atoms with van der Waals surface area (Å²) in [7, 11) is 1.37. The molecule has 7 atom stereocenters. The number of hydrogen-bond acceptors (Lipinski definition) is 17. The van der Waals surface area contributed by atoms with Gasteiger partial charge >= 0.3 is 5.97 Å². The zero-order valence-corrected chi connectivity index (χ0v) is 91.2. The van der Waals surface area contributed by atoms with Crippen LogP contribution in [0.25, 0.3) is 0 Å². The smallest absolute Gasteiger partial charge is 0.330 e. The third-order valence-corrected chi connectivity index (χ3v) is 18.5. The summed E-state index contributed by atoms with van der Waals surface area (Å²) in [6.07, 6.45) is 118. The largest absolute Gasteiger partial charge is 0.466 e. The minimum Gasteiger partial charge on any atom is -0.466 e. The molecular weight excluding hydrogens is 1830 g/mol. The van der Waals surface area contributed by atoms with Crippen molar-refractivity contribution in [3.05, 3.63) is 204 Å². The summed E-state index contributed by atoms with van der Waals surface area (Å²) in [5.74, 6) is 5.16. The predicted octanol–water partition coefficient (Wildman–Crippen LogP) is 28.8. The van der Waals surface area contributed by atoms with E-state index in [1.54, 1.807) is 91.0 Å². The van der Waals surface area contributed by atoms with E-state index >= 15 is 0 Å². The highest BCUT2D eigenvalue weighted by Crippen LogP contribution is 2.16. The van der Waals surface area contributed by atoms with Crippen molar-refractivity contribution in [3.63, 3.8) is 0 Å². The van der Waals surface area contributed by atoms with Crippen LogP contribution in [0.5, 0.6) is 0 Å².